The van der Waals surface area contributed by atoms with Crippen molar-refractivity contribution in [3.63, 3.8) is 0 Å². The molecule has 22 heavy (non-hydrogen) atoms. The Balaban J connectivity index is 1.79. The molecule has 0 saturated heterocycles. The molecule has 1 aliphatic rings. The van der Waals surface area contributed by atoms with Gasteiger partial charge in [-0.05, 0) is 37.5 Å². The lowest BCUT2D eigenvalue weighted by Crippen LogP contribution is -2.31. The zero-order chi connectivity index (χ0) is 15.5. The van der Waals surface area contributed by atoms with Crippen molar-refractivity contribution in [3.05, 3.63) is 45.8 Å². The van der Waals surface area contributed by atoms with Gasteiger partial charge in [-0.25, -0.2) is 4.79 Å². The van der Waals surface area contributed by atoms with Crippen molar-refractivity contribution in [2.24, 2.45) is 5.92 Å². The van der Waals surface area contributed by atoms with Gasteiger partial charge >= 0.3 is 5.63 Å². The minimum atomic E-state index is -0.377. The number of hydrogen-bond donors (Lipinski definition) is 1. The lowest BCUT2D eigenvalue weighted by molar-refractivity contribution is -0.126. The molecular weight excluding hydrogens is 278 g/mol. The van der Waals surface area contributed by atoms with E-state index < -0.39 is 0 Å². The molecule has 116 valence electrons. The predicted octanol–water partition coefficient (Wildman–Crippen LogP) is 3.30. The van der Waals surface area contributed by atoms with Crippen LogP contribution in [-0.2, 0) is 11.3 Å². The molecule has 1 heterocycles. The number of carbonyl (C=O) groups excluding carboxylic acids is 1. The molecule has 4 heteroatoms. The monoisotopic (exact) mass is 299 g/mol. The normalized spacial score (nSPS) is 15.9. The van der Waals surface area contributed by atoms with E-state index in [0.29, 0.717) is 12.1 Å². The van der Waals surface area contributed by atoms with E-state index in [1.54, 1.807) is 6.07 Å². The van der Waals surface area contributed by atoms with Crippen molar-refractivity contribution >= 4 is 16.9 Å². The molecule has 1 amide bonds. The summed E-state index contributed by atoms with van der Waals surface area (Å²) < 4.78 is 5.21. The number of carbonyl (C=O) groups is 1. The molecule has 4 nitrogen and oxygen atoms in total. The van der Waals surface area contributed by atoms with Gasteiger partial charge in [0.15, 0.2) is 0 Å². The van der Waals surface area contributed by atoms with Crippen LogP contribution in [0.5, 0.6) is 0 Å². The maximum absolute atomic E-state index is 12.2. The zero-order valence-corrected chi connectivity index (χ0v) is 12.9. The van der Waals surface area contributed by atoms with Gasteiger partial charge in [0.2, 0.25) is 5.91 Å². The quantitative estimate of drug-likeness (QED) is 0.885. The first-order valence-electron chi connectivity index (χ1n) is 7.94. The molecule has 0 spiro atoms. The van der Waals surface area contributed by atoms with Gasteiger partial charge in [0, 0.05) is 23.9 Å². The molecule has 0 unspecified atom stereocenters. The number of fused-ring (bicyclic) bond motifs is 1. The highest BCUT2D eigenvalue weighted by Gasteiger charge is 2.20. The molecule has 1 aromatic carbocycles. The molecule has 1 aliphatic carbocycles. The third-order valence-corrected chi connectivity index (χ3v) is 4.41. The maximum atomic E-state index is 12.2. The van der Waals surface area contributed by atoms with Gasteiger partial charge in [-0.1, -0.05) is 30.9 Å². The Morgan fingerprint density at radius 2 is 2.00 bits per heavy atom. The molecule has 1 fully saturated rings. The number of benzene rings is 1. The summed E-state index contributed by atoms with van der Waals surface area (Å²) in [6.07, 6.45) is 5.45. The van der Waals surface area contributed by atoms with Gasteiger partial charge in [0.05, 0.1) is 0 Å². The number of amides is 1. The zero-order valence-electron chi connectivity index (χ0n) is 12.9. The van der Waals surface area contributed by atoms with Crippen LogP contribution >= 0.6 is 0 Å². The van der Waals surface area contributed by atoms with Crippen molar-refractivity contribution in [2.75, 3.05) is 0 Å². The Morgan fingerprint density at radius 1 is 1.23 bits per heavy atom. The van der Waals surface area contributed by atoms with Crippen LogP contribution < -0.4 is 10.9 Å². The standard InChI is InChI=1S/C18H21NO3/c1-12-7-8-16-15(9-12)14(10-17(20)22-16)11-19-18(21)13-5-3-2-4-6-13/h7-10,13H,2-6,11H2,1H3,(H,19,21). The van der Waals surface area contributed by atoms with Gasteiger partial charge in [-0.15, -0.1) is 0 Å². The Kier molecular flexibility index (Phi) is 4.27. The fourth-order valence-electron chi connectivity index (χ4n) is 3.18. The van der Waals surface area contributed by atoms with E-state index in [2.05, 4.69) is 5.32 Å². The third kappa shape index (κ3) is 3.21. The van der Waals surface area contributed by atoms with Crippen molar-refractivity contribution in [1.29, 1.82) is 0 Å². The maximum Gasteiger partial charge on any atom is 0.336 e. The van der Waals surface area contributed by atoms with E-state index in [-0.39, 0.29) is 17.5 Å². The molecule has 1 aromatic heterocycles. The molecule has 2 aromatic rings. The summed E-state index contributed by atoms with van der Waals surface area (Å²) in [6, 6.07) is 7.18. The summed E-state index contributed by atoms with van der Waals surface area (Å²) in [5.41, 5.74) is 2.11. The predicted molar refractivity (Wildman–Crippen MR) is 85.6 cm³/mol. The molecule has 0 atom stereocenters. The molecule has 0 bridgehead atoms. The van der Waals surface area contributed by atoms with Crippen LogP contribution in [0.4, 0.5) is 0 Å². The van der Waals surface area contributed by atoms with Crippen LogP contribution in [0.15, 0.2) is 33.5 Å². The second-order valence-corrected chi connectivity index (χ2v) is 6.14. The summed E-state index contributed by atoms with van der Waals surface area (Å²) >= 11 is 0. The number of hydrogen-bond acceptors (Lipinski definition) is 3. The number of rotatable bonds is 3. The first kappa shape index (κ1) is 14.8. The number of nitrogens with one attached hydrogen (secondary N) is 1. The van der Waals surface area contributed by atoms with Crippen molar-refractivity contribution in [2.45, 2.75) is 45.6 Å². The van der Waals surface area contributed by atoms with Gasteiger partial charge < -0.3 is 9.73 Å². The lowest BCUT2D eigenvalue weighted by atomic mass is 9.88. The van der Waals surface area contributed by atoms with Gasteiger partial charge in [0.1, 0.15) is 5.58 Å². The van der Waals surface area contributed by atoms with Gasteiger partial charge in [-0.2, -0.15) is 0 Å². The summed E-state index contributed by atoms with van der Waals surface area (Å²) in [6.45, 7) is 2.37. The topological polar surface area (TPSA) is 59.3 Å². The van der Waals surface area contributed by atoms with Gasteiger partial charge in [-0.3, -0.25) is 4.79 Å². The van der Waals surface area contributed by atoms with Crippen LogP contribution in [-0.4, -0.2) is 5.91 Å². The molecular formula is C18H21NO3. The highest BCUT2D eigenvalue weighted by molar-refractivity contribution is 5.82. The van der Waals surface area contributed by atoms with Gasteiger partial charge in [0.25, 0.3) is 0 Å². The largest absolute Gasteiger partial charge is 0.423 e. The average molecular weight is 299 g/mol. The summed E-state index contributed by atoms with van der Waals surface area (Å²) in [4.78, 5) is 23.9. The SMILES string of the molecule is Cc1ccc2oc(=O)cc(CNC(=O)C3CCCCC3)c2c1. The Morgan fingerprint density at radius 3 is 2.77 bits per heavy atom. The molecule has 0 aliphatic heterocycles. The minimum absolute atomic E-state index is 0.105. The van der Waals surface area contributed by atoms with Crippen molar-refractivity contribution in [1.82, 2.24) is 5.32 Å². The van der Waals surface area contributed by atoms with Crippen LogP contribution in [0.1, 0.15) is 43.2 Å². The minimum Gasteiger partial charge on any atom is -0.423 e. The summed E-state index contributed by atoms with van der Waals surface area (Å²) in [7, 11) is 0. The van der Waals surface area contributed by atoms with E-state index in [0.717, 1.165) is 42.2 Å². The highest BCUT2D eigenvalue weighted by atomic mass is 16.4. The third-order valence-electron chi connectivity index (χ3n) is 4.41. The lowest BCUT2D eigenvalue weighted by Gasteiger charge is -2.20. The second-order valence-electron chi connectivity index (χ2n) is 6.14. The smallest absolute Gasteiger partial charge is 0.336 e. The van der Waals surface area contributed by atoms with Crippen LogP contribution in [0.3, 0.4) is 0 Å². The van der Waals surface area contributed by atoms with E-state index in [4.69, 9.17) is 4.42 Å². The van der Waals surface area contributed by atoms with Crippen LogP contribution in [0.25, 0.3) is 11.0 Å². The number of aryl methyl sites for hydroxylation is 1. The van der Waals surface area contributed by atoms with Crippen molar-refractivity contribution in [3.8, 4) is 0 Å². The Bertz CT molecular complexity index is 742. The Hall–Kier alpha value is -2.10. The first-order valence-corrected chi connectivity index (χ1v) is 7.94. The van der Waals surface area contributed by atoms with Crippen LogP contribution in [0, 0.1) is 12.8 Å². The highest BCUT2D eigenvalue weighted by Crippen LogP contribution is 2.24. The summed E-state index contributed by atoms with van der Waals surface area (Å²) in [5, 5.41) is 3.88. The van der Waals surface area contributed by atoms with E-state index >= 15 is 0 Å². The fourth-order valence-corrected chi connectivity index (χ4v) is 3.18. The van der Waals surface area contributed by atoms with Crippen molar-refractivity contribution < 1.29 is 9.21 Å². The molecule has 0 radical (unpaired) electrons. The van der Waals surface area contributed by atoms with Crippen LogP contribution in [0.2, 0.25) is 0 Å². The van der Waals surface area contributed by atoms with E-state index in [9.17, 15) is 9.59 Å². The van der Waals surface area contributed by atoms with E-state index in [1.165, 1.54) is 12.5 Å². The molecule has 3 rings (SSSR count). The molecule has 1 saturated carbocycles. The average Bonchev–Trinajstić information content (AvgIpc) is 2.53. The fraction of sp³-hybridized carbons (Fsp3) is 0.444. The molecule has 1 N–H and O–H groups in total. The Labute approximate surface area is 129 Å². The second kappa shape index (κ2) is 6.34. The van der Waals surface area contributed by atoms with E-state index in [1.807, 2.05) is 19.1 Å². The first-order chi connectivity index (χ1) is 10.6. The summed E-state index contributed by atoms with van der Waals surface area (Å²) in [5.74, 6) is 0.232.